The summed E-state index contributed by atoms with van der Waals surface area (Å²) in [4.78, 5) is 0. The number of hydrogen-bond donors (Lipinski definition) is 0. The van der Waals surface area contributed by atoms with Gasteiger partial charge >= 0.3 is 0 Å². The Kier molecular flexibility index (Phi) is 9.83. The first kappa shape index (κ1) is 26.0. The lowest BCUT2D eigenvalue weighted by Gasteiger charge is -2.29. The number of unbranched alkanes of at least 4 members (excludes halogenated alkanes) is 4. The minimum atomic E-state index is -0.141. The Morgan fingerprint density at radius 2 is 1.43 bits per heavy atom. The van der Waals surface area contributed by atoms with Crippen molar-refractivity contribution in [3.05, 3.63) is 94.3 Å². The van der Waals surface area contributed by atoms with E-state index in [1.54, 1.807) is 6.07 Å². The van der Waals surface area contributed by atoms with Gasteiger partial charge in [-0.3, -0.25) is 0 Å². The summed E-state index contributed by atoms with van der Waals surface area (Å²) in [6.45, 7) is 2.27. The van der Waals surface area contributed by atoms with Crippen molar-refractivity contribution in [1.82, 2.24) is 0 Å². The van der Waals surface area contributed by atoms with E-state index < -0.39 is 0 Å². The lowest BCUT2D eigenvalue weighted by Crippen LogP contribution is -2.14. The van der Waals surface area contributed by atoms with Crippen molar-refractivity contribution in [1.29, 1.82) is 0 Å². The van der Waals surface area contributed by atoms with Crippen molar-refractivity contribution in [3.8, 4) is 11.1 Å². The lowest BCUT2D eigenvalue weighted by atomic mass is 9.76. The van der Waals surface area contributed by atoms with Crippen LogP contribution in [-0.2, 0) is 12.8 Å². The Morgan fingerprint density at radius 3 is 2.11 bits per heavy atom. The summed E-state index contributed by atoms with van der Waals surface area (Å²) in [6.07, 6.45) is 15.2. The van der Waals surface area contributed by atoms with Crippen LogP contribution in [0.2, 0.25) is 5.02 Å². The molecule has 0 unspecified atom stereocenters. The Bertz CT molecular complexity index is 1030. The molecule has 4 rings (SSSR count). The molecule has 0 amide bonds. The van der Waals surface area contributed by atoms with Gasteiger partial charge in [0, 0.05) is 10.6 Å². The fourth-order valence-corrected chi connectivity index (χ4v) is 5.75. The molecule has 186 valence electrons. The maximum absolute atomic E-state index is 14.8. The first-order chi connectivity index (χ1) is 17.1. The first-order valence-electron chi connectivity index (χ1n) is 13.8. The lowest BCUT2D eigenvalue weighted by molar-refractivity contribution is 0.310. The van der Waals surface area contributed by atoms with E-state index in [2.05, 4.69) is 37.3 Å². The van der Waals surface area contributed by atoms with Crippen molar-refractivity contribution >= 4 is 11.6 Å². The number of aryl methyl sites for hydroxylation is 2. The predicted octanol–water partition coefficient (Wildman–Crippen LogP) is 10.6. The molecule has 0 spiro atoms. The molecule has 0 bridgehead atoms. The molecule has 1 aliphatic rings. The van der Waals surface area contributed by atoms with Crippen LogP contribution in [0, 0.1) is 11.7 Å². The Balaban J connectivity index is 1.21. The van der Waals surface area contributed by atoms with Crippen LogP contribution in [0.5, 0.6) is 0 Å². The standard InChI is InChI=1S/C33H40ClF/c1-2-3-4-5-6-7-25-10-15-28(16-11-25)29-17-12-26(13-18-29)8-9-27-14-23-32(33(35)24-27)30-19-21-31(34)22-20-30/h10-11,14-16,19-24,26,29H,2-9,12-13,17-18H2,1H3. The van der Waals surface area contributed by atoms with Gasteiger partial charge in [-0.2, -0.15) is 0 Å². The Labute approximate surface area is 216 Å². The normalized spacial score (nSPS) is 18.0. The second kappa shape index (κ2) is 13.3. The van der Waals surface area contributed by atoms with E-state index >= 15 is 0 Å². The van der Waals surface area contributed by atoms with Crippen molar-refractivity contribution in [2.45, 2.75) is 89.9 Å². The molecule has 1 fully saturated rings. The van der Waals surface area contributed by atoms with Crippen molar-refractivity contribution in [2.75, 3.05) is 0 Å². The molecule has 1 saturated carbocycles. The van der Waals surface area contributed by atoms with Gasteiger partial charge in [0.1, 0.15) is 5.82 Å². The van der Waals surface area contributed by atoms with Crippen LogP contribution in [0.15, 0.2) is 66.7 Å². The summed E-state index contributed by atoms with van der Waals surface area (Å²) in [7, 11) is 0. The van der Waals surface area contributed by atoms with Crippen molar-refractivity contribution in [2.24, 2.45) is 5.92 Å². The second-order valence-corrected chi connectivity index (χ2v) is 10.9. The van der Waals surface area contributed by atoms with E-state index in [0.717, 1.165) is 29.9 Å². The van der Waals surface area contributed by atoms with E-state index in [9.17, 15) is 4.39 Å². The molecule has 35 heavy (non-hydrogen) atoms. The average Bonchev–Trinajstić information content (AvgIpc) is 2.89. The summed E-state index contributed by atoms with van der Waals surface area (Å²) >= 11 is 5.96. The van der Waals surface area contributed by atoms with E-state index in [1.165, 1.54) is 75.3 Å². The minimum absolute atomic E-state index is 0.141. The van der Waals surface area contributed by atoms with Gasteiger partial charge in [0.05, 0.1) is 0 Å². The molecule has 0 aromatic heterocycles. The third kappa shape index (κ3) is 7.68. The molecule has 0 nitrogen and oxygen atoms in total. The molecule has 0 saturated heterocycles. The molecule has 0 atom stereocenters. The Hall–Kier alpha value is -2.12. The molecule has 0 aliphatic heterocycles. The smallest absolute Gasteiger partial charge is 0.131 e. The van der Waals surface area contributed by atoms with E-state index in [-0.39, 0.29) is 5.82 Å². The number of halogens is 2. The summed E-state index contributed by atoms with van der Waals surface area (Å²) in [5, 5.41) is 0.672. The molecule has 2 heteroatoms. The van der Waals surface area contributed by atoms with Gasteiger partial charge < -0.3 is 0 Å². The highest BCUT2D eigenvalue weighted by Crippen LogP contribution is 2.38. The maximum atomic E-state index is 14.8. The van der Waals surface area contributed by atoms with Crippen LogP contribution < -0.4 is 0 Å². The Morgan fingerprint density at radius 1 is 0.743 bits per heavy atom. The molecule has 0 heterocycles. The summed E-state index contributed by atoms with van der Waals surface area (Å²) < 4.78 is 14.8. The molecular formula is C33H40ClF. The fraction of sp³-hybridized carbons (Fsp3) is 0.455. The maximum Gasteiger partial charge on any atom is 0.131 e. The minimum Gasteiger partial charge on any atom is -0.206 e. The molecular weight excluding hydrogens is 451 g/mol. The van der Waals surface area contributed by atoms with Gasteiger partial charge in [0.15, 0.2) is 0 Å². The van der Waals surface area contributed by atoms with Gasteiger partial charge in [-0.05, 0) is 104 Å². The average molecular weight is 491 g/mol. The van der Waals surface area contributed by atoms with Crippen LogP contribution >= 0.6 is 11.6 Å². The number of benzene rings is 3. The summed E-state index contributed by atoms with van der Waals surface area (Å²) in [5.41, 5.74) is 5.64. The third-order valence-corrected chi connectivity index (χ3v) is 8.15. The third-order valence-electron chi connectivity index (χ3n) is 7.90. The molecule has 3 aromatic rings. The topological polar surface area (TPSA) is 0 Å². The highest BCUT2D eigenvalue weighted by Gasteiger charge is 2.22. The van der Waals surface area contributed by atoms with Gasteiger partial charge in [-0.15, -0.1) is 0 Å². The van der Waals surface area contributed by atoms with Gasteiger partial charge in [-0.25, -0.2) is 4.39 Å². The summed E-state index contributed by atoms with van der Waals surface area (Å²) in [5.74, 6) is 1.33. The monoisotopic (exact) mass is 490 g/mol. The quantitative estimate of drug-likeness (QED) is 0.234. The van der Waals surface area contributed by atoms with E-state index in [1.807, 2.05) is 30.3 Å². The van der Waals surface area contributed by atoms with Crippen LogP contribution in [0.25, 0.3) is 11.1 Å². The fourth-order valence-electron chi connectivity index (χ4n) is 5.62. The molecule has 0 N–H and O–H groups in total. The van der Waals surface area contributed by atoms with Crippen molar-refractivity contribution in [3.63, 3.8) is 0 Å². The highest BCUT2D eigenvalue weighted by molar-refractivity contribution is 6.30. The second-order valence-electron chi connectivity index (χ2n) is 10.5. The van der Waals surface area contributed by atoms with E-state index in [4.69, 9.17) is 11.6 Å². The van der Waals surface area contributed by atoms with Gasteiger partial charge in [-0.1, -0.05) is 92.7 Å². The summed E-state index contributed by atoms with van der Waals surface area (Å²) in [6, 6.07) is 22.6. The highest BCUT2D eigenvalue weighted by atomic mass is 35.5. The van der Waals surface area contributed by atoms with Crippen LogP contribution in [0.3, 0.4) is 0 Å². The zero-order valence-electron chi connectivity index (χ0n) is 21.2. The largest absolute Gasteiger partial charge is 0.206 e. The van der Waals surface area contributed by atoms with Crippen LogP contribution in [0.1, 0.15) is 93.7 Å². The predicted molar refractivity (Wildman–Crippen MR) is 149 cm³/mol. The molecule has 0 radical (unpaired) electrons. The first-order valence-corrected chi connectivity index (χ1v) is 14.1. The molecule has 1 aliphatic carbocycles. The van der Waals surface area contributed by atoms with E-state index in [0.29, 0.717) is 16.5 Å². The number of rotatable bonds is 11. The van der Waals surface area contributed by atoms with Gasteiger partial charge in [0.2, 0.25) is 0 Å². The van der Waals surface area contributed by atoms with Crippen LogP contribution in [0.4, 0.5) is 4.39 Å². The van der Waals surface area contributed by atoms with Crippen LogP contribution in [-0.4, -0.2) is 0 Å². The number of hydrogen-bond acceptors (Lipinski definition) is 0. The van der Waals surface area contributed by atoms with Gasteiger partial charge in [0.25, 0.3) is 0 Å². The SMILES string of the molecule is CCCCCCCc1ccc(C2CCC(CCc3ccc(-c4ccc(Cl)cc4)c(F)c3)CC2)cc1. The van der Waals surface area contributed by atoms with Crippen molar-refractivity contribution < 1.29 is 4.39 Å². The zero-order chi connectivity index (χ0) is 24.5. The zero-order valence-corrected chi connectivity index (χ0v) is 22.0. The molecule has 3 aromatic carbocycles.